The number of benzene rings is 2. The number of ether oxygens (including phenoxy) is 1. The van der Waals surface area contributed by atoms with Crippen LogP contribution in [0.25, 0.3) is 5.69 Å². The number of nitrogens with one attached hydrogen (secondary N) is 1. The molecule has 10 nitrogen and oxygen atoms in total. The molecule has 0 radical (unpaired) electrons. The number of methoxy groups -OCH3 is 1. The third kappa shape index (κ3) is 4.88. The van der Waals surface area contributed by atoms with Gasteiger partial charge in [0.05, 0.1) is 18.5 Å². The van der Waals surface area contributed by atoms with Gasteiger partial charge in [-0.2, -0.15) is 4.68 Å². The van der Waals surface area contributed by atoms with Crippen molar-refractivity contribution < 1.29 is 4.74 Å². The number of anilines is 2. The largest absolute Gasteiger partial charge is 0.497 e. The molecule has 3 heterocycles. The van der Waals surface area contributed by atoms with E-state index in [0.29, 0.717) is 22.6 Å². The Morgan fingerprint density at radius 2 is 1.71 bits per heavy atom. The minimum absolute atomic E-state index is 0.166. The summed E-state index contributed by atoms with van der Waals surface area (Å²) in [7, 11) is 1.67. The average molecular weight is 477 g/mol. The van der Waals surface area contributed by atoms with E-state index in [9.17, 15) is 4.79 Å². The SMILES string of the molecule is COc1ccc(N2CCN(c3nc(CSc4nnnn4-c4ccccc4)cc(=O)[nH]3)CC2)cc1. The van der Waals surface area contributed by atoms with Crippen LogP contribution in [0.5, 0.6) is 5.75 Å². The Morgan fingerprint density at radius 3 is 2.44 bits per heavy atom. The molecule has 0 aliphatic carbocycles. The Kier molecular flexibility index (Phi) is 6.43. The van der Waals surface area contributed by atoms with Crippen LogP contribution >= 0.6 is 11.8 Å². The van der Waals surface area contributed by atoms with Crippen LogP contribution in [0.15, 0.2) is 70.6 Å². The fourth-order valence-electron chi connectivity index (χ4n) is 3.83. The van der Waals surface area contributed by atoms with Gasteiger partial charge in [-0.3, -0.25) is 9.78 Å². The van der Waals surface area contributed by atoms with Gasteiger partial charge in [0.25, 0.3) is 5.56 Å². The highest BCUT2D eigenvalue weighted by Crippen LogP contribution is 2.23. The number of thioether (sulfide) groups is 1. The molecule has 0 bridgehead atoms. The van der Waals surface area contributed by atoms with E-state index in [4.69, 9.17) is 9.72 Å². The summed E-state index contributed by atoms with van der Waals surface area (Å²) in [5.74, 6) is 1.92. The lowest BCUT2D eigenvalue weighted by Gasteiger charge is -2.36. The van der Waals surface area contributed by atoms with Gasteiger partial charge in [0.2, 0.25) is 11.1 Å². The highest BCUT2D eigenvalue weighted by Gasteiger charge is 2.20. The summed E-state index contributed by atoms with van der Waals surface area (Å²) in [6.45, 7) is 3.19. The maximum Gasteiger partial charge on any atom is 0.252 e. The molecule has 1 saturated heterocycles. The van der Waals surface area contributed by atoms with Crippen LogP contribution in [0.2, 0.25) is 0 Å². The summed E-state index contributed by atoms with van der Waals surface area (Å²) < 4.78 is 6.92. The Balaban J connectivity index is 1.24. The third-order valence-electron chi connectivity index (χ3n) is 5.59. The lowest BCUT2D eigenvalue weighted by atomic mass is 10.2. The highest BCUT2D eigenvalue weighted by molar-refractivity contribution is 7.98. The smallest absolute Gasteiger partial charge is 0.252 e. The molecule has 4 aromatic rings. The maximum absolute atomic E-state index is 12.4. The van der Waals surface area contributed by atoms with Crippen LogP contribution < -0.4 is 20.1 Å². The van der Waals surface area contributed by atoms with Crippen LogP contribution in [0.3, 0.4) is 0 Å². The van der Waals surface area contributed by atoms with Gasteiger partial charge >= 0.3 is 0 Å². The van der Waals surface area contributed by atoms with Gasteiger partial charge in [-0.05, 0) is 46.8 Å². The summed E-state index contributed by atoms with van der Waals surface area (Å²) in [5, 5.41) is 12.6. The van der Waals surface area contributed by atoms with E-state index in [1.54, 1.807) is 11.8 Å². The number of rotatable bonds is 7. The number of aromatic nitrogens is 6. The predicted octanol–water partition coefficient (Wildman–Crippen LogP) is 2.37. The number of tetrazole rings is 1. The molecular weight excluding hydrogens is 452 g/mol. The number of hydrogen-bond acceptors (Lipinski definition) is 9. The summed E-state index contributed by atoms with van der Waals surface area (Å²) in [6, 6.07) is 19.3. The quantitative estimate of drug-likeness (QED) is 0.403. The molecule has 1 aliphatic rings. The number of para-hydroxylation sites is 1. The molecule has 0 saturated carbocycles. The van der Waals surface area contributed by atoms with Gasteiger partial charge in [-0.25, -0.2) is 4.98 Å². The van der Waals surface area contributed by atoms with E-state index in [1.165, 1.54) is 17.8 Å². The van der Waals surface area contributed by atoms with Crippen LogP contribution in [-0.2, 0) is 5.75 Å². The summed E-state index contributed by atoms with van der Waals surface area (Å²) in [6.07, 6.45) is 0. The van der Waals surface area contributed by atoms with E-state index in [0.717, 1.165) is 43.3 Å². The third-order valence-corrected chi connectivity index (χ3v) is 6.54. The zero-order valence-corrected chi connectivity index (χ0v) is 19.5. The van der Waals surface area contributed by atoms with Gasteiger partial charge in [0.15, 0.2) is 0 Å². The first-order valence-corrected chi connectivity index (χ1v) is 11.9. The highest BCUT2D eigenvalue weighted by atomic mass is 32.2. The number of piperazine rings is 1. The van der Waals surface area contributed by atoms with Gasteiger partial charge < -0.3 is 14.5 Å². The van der Waals surface area contributed by atoms with Crippen molar-refractivity contribution in [2.24, 2.45) is 0 Å². The number of aromatic amines is 1. The molecule has 174 valence electrons. The first-order valence-electron chi connectivity index (χ1n) is 10.9. The van der Waals surface area contributed by atoms with Crippen molar-refractivity contribution in [2.75, 3.05) is 43.1 Å². The summed E-state index contributed by atoms with van der Waals surface area (Å²) in [4.78, 5) is 24.4. The van der Waals surface area contributed by atoms with Gasteiger partial charge in [0.1, 0.15) is 5.75 Å². The first-order chi connectivity index (χ1) is 16.7. The van der Waals surface area contributed by atoms with Crippen LogP contribution in [0.4, 0.5) is 11.6 Å². The first kappa shape index (κ1) is 22.0. The lowest BCUT2D eigenvalue weighted by Crippen LogP contribution is -2.47. The van der Waals surface area contributed by atoms with Gasteiger partial charge in [-0.1, -0.05) is 30.0 Å². The second kappa shape index (κ2) is 9.96. The molecule has 11 heteroatoms. The van der Waals surface area contributed by atoms with Crippen molar-refractivity contribution in [1.29, 1.82) is 0 Å². The number of nitrogens with zero attached hydrogens (tertiary/aromatic N) is 7. The molecule has 1 fully saturated rings. The Bertz CT molecular complexity index is 1280. The second-order valence-electron chi connectivity index (χ2n) is 7.73. The molecule has 5 rings (SSSR count). The Hall–Kier alpha value is -3.86. The van der Waals surface area contributed by atoms with Crippen molar-refractivity contribution in [1.82, 2.24) is 30.2 Å². The van der Waals surface area contributed by atoms with E-state index in [2.05, 4.69) is 42.4 Å². The molecule has 0 unspecified atom stereocenters. The Morgan fingerprint density at radius 1 is 0.971 bits per heavy atom. The minimum Gasteiger partial charge on any atom is -0.497 e. The lowest BCUT2D eigenvalue weighted by molar-refractivity contribution is 0.415. The maximum atomic E-state index is 12.4. The van der Waals surface area contributed by atoms with Gasteiger partial charge in [-0.15, -0.1) is 5.10 Å². The molecule has 2 aromatic heterocycles. The second-order valence-corrected chi connectivity index (χ2v) is 8.67. The molecule has 0 atom stereocenters. The molecule has 1 aliphatic heterocycles. The van der Waals surface area contributed by atoms with Crippen molar-refractivity contribution in [3.8, 4) is 11.4 Å². The molecule has 0 amide bonds. The van der Waals surface area contributed by atoms with Crippen LogP contribution in [0, 0.1) is 0 Å². The van der Waals surface area contributed by atoms with E-state index < -0.39 is 0 Å². The van der Waals surface area contributed by atoms with Crippen molar-refractivity contribution in [2.45, 2.75) is 10.9 Å². The van der Waals surface area contributed by atoms with E-state index in [-0.39, 0.29) is 5.56 Å². The predicted molar refractivity (Wildman–Crippen MR) is 131 cm³/mol. The standard InChI is InChI=1S/C23H24N8O2S/c1-33-20-9-7-18(8-10-20)29-11-13-30(14-12-29)22-24-17(15-21(32)25-22)16-34-23-26-27-28-31(23)19-5-3-2-4-6-19/h2-10,15H,11-14,16H2,1H3,(H,24,25,32). The molecule has 34 heavy (non-hydrogen) atoms. The zero-order chi connectivity index (χ0) is 23.3. The normalized spacial score (nSPS) is 13.8. The van der Waals surface area contributed by atoms with Gasteiger partial charge in [0, 0.05) is 43.7 Å². The van der Waals surface area contributed by atoms with Crippen molar-refractivity contribution in [3.05, 3.63) is 76.7 Å². The fraction of sp³-hybridized carbons (Fsp3) is 0.261. The topological polar surface area (TPSA) is 105 Å². The molecule has 0 spiro atoms. The number of H-pyrrole nitrogens is 1. The zero-order valence-electron chi connectivity index (χ0n) is 18.7. The summed E-state index contributed by atoms with van der Waals surface area (Å²) >= 11 is 1.44. The molecule has 2 aromatic carbocycles. The molecular formula is C23H24N8O2S. The van der Waals surface area contributed by atoms with Crippen LogP contribution in [-0.4, -0.2) is 63.5 Å². The van der Waals surface area contributed by atoms with Crippen molar-refractivity contribution in [3.63, 3.8) is 0 Å². The monoisotopic (exact) mass is 476 g/mol. The van der Waals surface area contributed by atoms with Crippen LogP contribution in [0.1, 0.15) is 5.69 Å². The Labute approximate surface area is 200 Å². The van der Waals surface area contributed by atoms with Crippen molar-refractivity contribution >= 4 is 23.4 Å². The minimum atomic E-state index is -0.166. The van der Waals surface area contributed by atoms with E-state index in [1.807, 2.05) is 42.5 Å². The van der Waals surface area contributed by atoms with E-state index >= 15 is 0 Å². The molecule has 1 N–H and O–H groups in total. The number of hydrogen-bond donors (Lipinski definition) is 1. The average Bonchev–Trinajstić information content (AvgIpc) is 3.37. The fourth-order valence-corrected chi connectivity index (χ4v) is 4.61. The summed E-state index contributed by atoms with van der Waals surface area (Å²) in [5.41, 5.74) is 2.55.